The van der Waals surface area contributed by atoms with Crippen molar-refractivity contribution in [1.82, 2.24) is 0 Å². The minimum Gasteiger partial charge on any atom is -0.508 e. The monoisotopic (exact) mass is 316 g/mol. The summed E-state index contributed by atoms with van der Waals surface area (Å²) in [7, 11) is 0. The van der Waals surface area contributed by atoms with Gasteiger partial charge in [-0.2, -0.15) is 0 Å². The highest BCUT2D eigenvalue weighted by molar-refractivity contribution is 5.54. The van der Waals surface area contributed by atoms with Gasteiger partial charge in [0.1, 0.15) is 5.75 Å². The molecule has 23 heavy (non-hydrogen) atoms. The van der Waals surface area contributed by atoms with Crippen LogP contribution < -0.4 is 0 Å². The maximum absolute atomic E-state index is 10.4. The van der Waals surface area contributed by atoms with Gasteiger partial charge in [-0.25, -0.2) is 0 Å². The van der Waals surface area contributed by atoms with Gasteiger partial charge in [0.05, 0.1) is 12.7 Å². The molecule has 0 aromatic heterocycles. The van der Waals surface area contributed by atoms with Gasteiger partial charge < -0.3 is 15.3 Å². The molecule has 0 aliphatic carbocycles. The average molecular weight is 316 g/mol. The van der Waals surface area contributed by atoms with Gasteiger partial charge in [0.2, 0.25) is 0 Å². The third-order valence-electron chi connectivity index (χ3n) is 3.73. The first-order valence-corrected chi connectivity index (χ1v) is 8.11. The molecule has 0 fully saturated rings. The van der Waals surface area contributed by atoms with E-state index in [0.29, 0.717) is 6.42 Å². The zero-order chi connectivity index (χ0) is 17.2. The first-order valence-electron chi connectivity index (χ1n) is 8.11. The largest absolute Gasteiger partial charge is 0.508 e. The normalized spacial score (nSPS) is 13.9. The Morgan fingerprint density at radius 2 is 2.04 bits per heavy atom. The molecule has 3 heteroatoms. The minimum atomic E-state index is -0.617. The molecule has 0 heterocycles. The van der Waals surface area contributed by atoms with Crippen LogP contribution in [0, 0.1) is 0 Å². The Bertz CT molecular complexity index is 570. The van der Waals surface area contributed by atoms with Crippen LogP contribution in [0.5, 0.6) is 5.75 Å². The molecule has 1 atom stereocenters. The van der Waals surface area contributed by atoms with E-state index in [1.807, 2.05) is 19.1 Å². The maximum atomic E-state index is 10.4. The lowest BCUT2D eigenvalue weighted by Gasteiger charge is -2.17. The van der Waals surface area contributed by atoms with E-state index in [-0.39, 0.29) is 12.4 Å². The zero-order valence-electron chi connectivity index (χ0n) is 14.1. The second kappa shape index (κ2) is 10.0. The van der Waals surface area contributed by atoms with Crippen LogP contribution in [0.1, 0.15) is 45.1 Å². The summed E-state index contributed by atoms with van der Waals surface area (Å²) in [5.74, 6) is 0.246. The lowest BCUT2D eigenvalue weighted by Crippen LogP contribution is -2.13. The fraction of sp³-hybridized carbons (Fsp3) is 0.400. The number of rotatable bonds is 9. The third kappa shape index (κ3) is 6.85. The quantitative estimate of drug-likeness (QED) is 0.598. The van der Waals surface area contributed by atoms with Crippen molar-refractivity contribution in [2.24, 2.45) is 0 Å². The summed E-state index contributed by atoms with van der Waals surface area (Å²) in [5.41, 5.74) is 3.71. The number of aliphatic hydroxyl groups is 2. The van der Waals surface area contributed by atoms with Gasteiger partial charge in [0.25, 0.3) is 0 Å². The van der Waals surface area contributed by atoms with Gasteiger partial charge in [0, 0.05) is 0 Å². The Kier molecular flexibility index (Phi) is 8.38. The zero-order valence-corrected chi connectivity index (χ0v) is 14.1. The SMILES string of the molecule is C=C(CCC)/C(=C/CO)C(O)CC/C(C)=C/c1cccc(O)c1. The highest BCUT2D eigenvalue weighted by Crippen LogP contribution is 2.23. The van der Waals surface area contributed by atoms with Crippen molar-refractivity contribution < 1.29 is 15.3 Å². The van der Waals surface area contributed by atoms with Crippen LogP contribution in [-0.2, 0) is 0 Å². The number of hydrogen-bond donors (Lipinski definition) is 3. The number of allylic oxidation sites excluding steroid dienone is 1. The van der Waals surface area contributed by atoms with Crippen LogP contribution in [0.4, 0.5) is 0 Å². The van der Waals surface area contributed by atoms with Crippen molar-refractivity contribution in [3.8, 4) is 5.75 Å². The smallest absolute Gasteiger partial charge is 0.116 e. The molecule has 1 aromatic carbocycles. The van der Waals surface area contributed by atoms with Crippen LogP contribution in [0.3, 0.4) is 0 Å². The van der Waals surface area contributed by atoms with Crippen molar-refractivity contribution >= 4 is 6.08 Å². The van der Waals surface area contributed by atoms with Crippen LogP contribution in [0.25, 0.3) is 6.08 Å². The lowest BCUT2D eigenvalue weighted by molar-refractivity contribution is 0.200. The second-order valence-electron chi connectivity index (χ2n) is 5.84. The second-order valence-corrected chi connectivity index (χ2v) is 5.84. The Hall–Kier alpha value is -1.84. The van der Waals surface area contributed by atoms with E-state index in [1.54, 1.807) is 24.3 Å². The van der Waals surface area contributed by atoms with E-state index in [0.717, 1.165) is 41.5 Å². The van der Waals surface area contributed by atoms with Gasteiger partial charge in [-0.1, -0.05) is 49.8 Å². The van der Waals surface area contributed by atoms with Gasteiger partial charge in [-0.3, -0.25) is 0 Å². The molecule has 3 nitrogen and oxygen atoms in total. The van der Waals surface area contributed by atoms with Crippen LogP contribution >= 0.6 is 0 Å². The first kappa shape index (κ1) is 19.2. The van der Waals surface area contributed by atoms with E-state index in [4.69, 9.17) is 5.11 Å². The Morgan fingerprint density at radius 3 is 2.65 bits per heavy atom. The molecule has 0 aliphatic heterocycles. The number of hydrogen-bond acceptors (Lipinski definition) is 3. The molecule has 1 rings (SSSR count). The molecule has 0 amide bonds. The lowest BCUT2D eigenvalue weighted by atomic mass is 9.93. The van der Waals surface area contributed by atoms with E-state index in [2.05, 4.69) is 13.5 Å². The number of phenolic OH excluding ortho intramolecular Hbond substituents is 1. The van der Waals surface area contributed by atoms with Crippen molar-refractivity contribution in [3.63, 3.8) is 0 Å². The van der Waals surface area contributed by atoms with Crippen molar-refractivity contribution in [3.05, 3.63) is 59.2 Å². The molecular formula is C20H28O3. The number of benzene rings is 1. The van der Waals surface area contributed by atoms with Gasteiger partial charge in [-0.15, -0.1) is 0 Å². The summed E-state index contributed by atoms with van der Waals surface area (Å²) < 4.78 is 0. The minimum absolute atomic E-state index is 0.0900. The summed E-state index contributed by atoms with van der Waals surface area (Å²) >= 11 is 0. The molecule has 0 saturated heterocycles. The van der Waals surface area contributed by atoms with Crippen molar-refractivity contribution in [1.29, 1.82) is 0 Å². The summed E-state index contributed by atoms with van der Waals surface area (Å²) in [6.07, 6.45) is 6.13. The average Bonchev–Trinajstić information content (AvgIpc) is 2.50. The Morgan fingerprint density at radius 1 is 1.30 bits per heavy atom. The van der Waals surface area contributed by atoms with Gasteiger partial charge in [-0.05, 0) is 55.0 Å². The Balaban J connectivity index is 2.67. The molecular weight excluding hydrogens is 288 g/mol. The summed E-state index contributed by atoms with van der Waals surface area (Å²) in [4.78, 5) is 0. The van der Waals surface area contributed by atoms with E-state index in [1.165, 1.54) is 0 Å². The standard InChI is InChI=1S/C20H28O3/c1-4-6-16(3)19(11-12-21)20(23)10-9-15(2)13-17-7-5-8-18(22)14-17/h5,7-8,11,13-14,20-23H,3-4,6,9-10,12H2,1-2H3/b15-13+,19-11-. The summed E-state index contributed by atoms with van der Waals surface area (Å²) in [5, 5.41) is 29.0. The van der Waals surface area contributed by atoms with Crippen molar-refractivity contribution in [2.75, 3.05) is 6.61 Å². The fourth-order valence-electron chi connectivity index (χ4n) is 2.55. The number of aliphatic hydroxyl groups excluding tert-OH is 2. The van der Waals surface area contributed by atoms with Gasteiger partial charge >= 0.3 is 0 Å². The first-order chi connectivity index (χ1) is 11.0. The van der Waals surface area contributed by atoms with Gasteiger partial charge in [0.15, 0.2) is 0 Å². The molecule has 0 spiro atoms. The molecule has 0 bridgehead atoms. The topological polar surface area (TPSA) is 60.7 Å². The van der Waals surface area contributed by atoms with E-state index >= 15 is 0 Å². The fourth-order valence-corrected chi connectivity index (χ4v) is 2.55. The van der Waals surface area contributed by atoms with Crippen molar-refractivity contribution in [2.45, 2.75) is 45.6 Å². The predicted octanol–water partition coefficient (Wildman–Crippen LogP) is 4.21. The highest BCUT2D eigenvalue weighted by Gasteiger charge is 2.13. The highest BCUT2D eigenvalue weighted by atomic mass is 16.3. The molecule has 0 saturated carbocycles. The molecule has 3 N–H and O–H groups in total. The molecule has 0 radical (unpaired) electrons. The van der Waals surface area contributed by atoms with E-state index < -0.39 is 6.10 Å². The molecule has 1 unspecified atom stereocenters. The van der Waals surface area contributed by atoms with Crippen LogP contribution in [0.2, 0.25) is 0 Å². The van der Waals surface area contributed by atoms with E-state index in [9.17, 15) is 10.2 Å². The van der Waals surface area contributed by atoms with Crippen LogP contribution in [0.15, 0.2) is 53.6 Å². The molecule has 126 valence electrons. The Labute approximate surface area is 139 Å². The number of phenols is 1. The molecule has 0 aliphatic rings. The third-order valence-corrected chi connectivity index (χ3v) is 3.73. The maximum Gasteiger partial charge on any atom is 0.116 e. The number of aromatic hydroxyl groups is 1. The van der Waals surface area contributed by atoms with Crippen LogP contribution in [-0.4, -0.2) is 28.0 Å². The predicted molar refractivity (Wildman–Crippen MR) is 96.2 cm³/mol. The summed E-state index contributed by atoms with van der Waals surface area (Å²) in [6, 6.07) is 7.09. The molecule has 1 aromatic rings. The summed E-state index contributed by atoms with van der Waals surface area (Å²) in [6.45, 7) is 7.99.